The zero-order chi connectivity index (χ0) is 23.5. The van der Waals surface area contributed by atoms with E-state index in [9.17, 15) is 9.18 Å². The van der Waals surface area contributed by atoms with Crippen LogP contribution < -0.4 is 5.32 Å². The van der Waals surface area contributed by atoms with E-state index in [1.54, 1.807) is 24.5 Å². The number of amides is 1. The van der Waals surface area contributed by atoms with E-state index in [2.05, 4.69) is 20.3 Å². The molecule has 0 aliphatic carbocycles. The molecule has 0 bridgehead atoms. The molecule has 0 saturated carbocycles. The molecule has 5 aromatic rings. The molecular formula is C28H23FN4O. The first-order valence-electron chi connectivity index (χ1n) is 11.1. The van der Waals surface area contributed by atoms with Crippen molar-refractivity contribution in [3.8, 4) is 22.4 Å². The van der Waals surface area contributed by atoms with Gasteiger partial charge in [-0.25, -0.2) is 9.37 Å². The summed E-state index contributed by atoms with van der Waals surface area (Å²) in [7, 11) is 0. The number of benzene rings is 2. The molecule has 1 amide bonds. The topological polar surface area (TPSA) is 70.7 Å². The second-order valence-electron chi connectivity index (χ2n) is 8.29. The molecule has 5 nitrogen and oxygen atoms in total. The van der Waals surface area contributed by atoms with Crippen LogP contribution in [-0.2, 0) is 11.2 Å². The molecule has 3 aromatic heterocycles. The van der Waals surface area contributed by atoms with Crippen molar-refractivity contribution in [1.82, 2.24) is 15.0 Å². The van der Waals surface area contributed by atoms with Gasteiger partial charge in [0, 0.05) is 29.3 Å². The van der Waals surface area contributed by atoms with E-state index in [4.69, 9.17) is 0 Å². The zero-order valence-electron chi connectivity index (χ0n) is 18.6. The summed E-state index contributed by atoms with van der Waals surface area (Å²) >= 11 is 0. The Morgan fingerprint density at radius 3 is 2.41 bits per heavy atom. The molecule has 0 aliphatic rings. The monoisotopic (exact) mass is 450 g/mol. The molecule has 6 heteroatoms. The predicted molar refractivity (Wildman–Crippen MR) is 133 cm³/mol. The number of nitrogens with zero attached hydrogens (tertiary/aromatic N) is 2. The van der Waals surface area contributed by atoms with Crippen molar-refractivity contribution in [1.29, 1.82) is 0 Å². The molecule has 3 heterocycles. The first-order valence-corrected chi connectivity index (χ1v) is 11.1. The average Bonchev–Trinajstić information content (AvgIpc) is 3.24. The summed E-state index contributed by atoms with van der Waals surface area (Å²) in [6.45, 7) is 1.91. The molecule has 0 radical (unpaired) electrons. The molecule has 0 unspecified atom stereocenters. The van der Waals surface area contributed by atoms with Gasteiger partial charge in [0.1, 0.15) is 17.3 Å². The number of hydrogen-bond acceptors (Lipinski definition) is 3. The Morgan fingerprint density at radius 1 is 0.941 bits per heavy atom. The number of carbonyl (C=O) groups is 1. The number of anilines is 1. The molecule has 168 valence electrons. The van der Waals surface area contributed by atoms with Crippen LogP contribution in [0.15, 0.2) is 91.3 Å². The van der Waals surface area contributed by atoms with Crippen LogP contribution in [0.4, 0.5) is 10.2 Å². The number of aromatic nitrogens is 3. The van der Waals surface area contributed by atoms with Gasteiger partial charge in [-0.05, 0) is 71.6 Å². The van der Waals surface area contributed by atoms with Gasteiger partial charge in [0.2, 0.25) is 5.91 Å². The molecule has 1 atom stereocenters. The summed E-state index contributed by atoms with van der Waals surface area (Å²) < 4.78 is 13.5. The van der Waals surface area contributed by atoms with Gasteiger partial charge >= 0.3 is 0 Å². The number of rotatable bonds is 6. The first-order chi connectivity index (χ1) is 16.6. The second-order valence-corrected chi connectivity index (χ2v) is 8.29. The maximum Gasteiger partial charge on any atom is 0.228 e. The summed E-state index contributed by atoms with van der Waals surface area (Å²) in [6.07, 6.45) is 4.12. The Kier molecular flexibility index (Phi) is 5.87. The van der Waals surface area contributed by atoms with Crippen LogP contribution in [0.2, 0.25) is 0 Å². The Morgan fingerprint density at radius 2 is 1.68 bits per heavy atom. The lowest BCUT2D eigenvalue weighted by Crippen LogP contribution is -2.22. The molecule has 0 aliphatic heterocycles. The fraction of sp³-hybridized carbons (Fsp3) is 0.107. The summed E-state index contributed by atoms with van der Waals surface area (Å²) in [6, 6.07) is 23.9. The SMILES string of the molecule is C[C@@H](Cc1ccccc1)C(=O)Nc1ccc2c(-c3ccncc3)c(-c3ccc(F)cc3)[nH]c2n1. The standard InChI is InChI=1S/C28H23FN4O/c1-18(17-19-5-3-2-4-6-19)28(34)32-24-12-11-23-25(20-13-15-30-16-14-20)26(33-27(23)31-24)21-7-9-22(29)10-8-21/h2-16,18H,17H2,1H3,(H2,31,32,33,34)/t18-/m0/s1. The highest BCUT2D eigenvalue weighted by molar-refractivity contribution is 6.03. The minimum absolute atomic E-state index is 0.0876. The van der Waals surface area contributed by atoms with Crippen molar-refractivity contribution in [3.05, 3.63) is 103 Å². The molecule has 0 saturated heterocycles. The average molecular weight is 451 g/mol. The van der Waals surface area contributed by atoms with Crippen LogP contribution in [0, 0.1) is 11.7 Å². The van der Waals surface area contributed by atoms with Crippen LogP contribution in [0.3, 0.4) is 0 Å². The number of H-pyrrole nitrogens is 1. The molecule has 0 fully saturated rings. The lowest BCUT2D eigenvalue weighted by molar-refractivity contribution is -0.119. The van der Waals surface area contributed by atoms with Gasteiger partial charge < -0.3 is 10.3 Å². The maximum atomic E-state index is 13.5. The predicted octanol–water partition coefficient (Wildman–Crippen LogP) is 6.25. The molecular weight excluding hydrogens is 427 g/mol. The third-order valence-corrected chi connectivity index (χ3v) is 5.84. The molecule has 5 rings (SSSR count). The molecule has 2 aromatic carbocycles. The van der Waals surface area contributed by atoms with Gasteiger partial charge in [0.25, 0.3) is 0 Å². The fourth-order valence-electron chi connectivity index (χ4n) is 4.10. The Labute approximate surface area is 196 Å². The van der Waals surface area contributed by atoms with Gasteiger partial charge in [-0.3, -0.25) is 9.78 Å². The number of hydrogen-bond donors (Lipinski definition) is 2. The number of pyridine rings is 2. The second kappa shape index (κ2) is 9.27. The fourth-order valence-corrected chi connectivity index (χ4v) is 4.10. The summed E-state index contributed by atoms with van der Waals surface area (Å²) in [5, 5.41) is 3.84. The van der Waals surface area contributed by atoms with Gasteiger partial charge in [0.15, 0.2) is 0 Å². The van der Waals surface area contributed by atoms with Crippen LogP contribution >= 0.6 is 0 Å². The van der Waals surface area contributed by atoms with E-state index < -0.39 is 0 Å². The highest BCUT2D eigenvalue weighted by Crippen LogP contribution is 2.38. The van der Waals surface area contributed by atoms with Crippen molar-refractivity contribution in [3.63, 3.8) is 0 Å². The normalized spacial score (nSPS) is 11.9. The lowest BCUT2D eigenvalue weighted by Gasteiger charge is -2.12. The van der Waals surface area contributed by atoms with E-state index >= 15 is 0 Å². The van der Waals surface area contributed by atoms with E-state index in [-0.39, 0.29) is 17.6 Å². The molecule has 34 heavy (non-hydrogen) atoms. The quantitative estimate of drug-likeness (QED) is 0.321. The summed E-state index contributed by atoms with van der Waals surface area (Å²) in [4.78, 5) is 25.0. The number of carbonyl (C=O) groups excluding carboxylic acids is 1. The molecule has 2 N–H and O–H groups in total. The number of halogens is 1. The van der Waals surface area contributed by atoms with E-state index in [0.29, 0.717) is 17.9 Å². The third kappa shape index (κ3) is 4.43. The highest BCUT2D eigenvalue weighted by Gasteiger charge is 2.18. The molecule has 0 spiro atoms. The maximum absolute atomic E-state index is 13.5. The van der Waals surface area contributed by atoms with Crippen molar-refractivity contribution < 1.29 is 9.18 Å². The van der Waals surface area contributed by atoms with E-state index in [1.807, 2.05) is 61.5 Å². The lowest BCUT2D eigenvalue weighted by atomic mass is 9.99. The van der Waals surface area contributed by atoms with Gasteiger partial charge in [-0.1, -0.05) is 37.3 Å². The van der Waals surface area contributed by atoms with E-state index in [0.717, 1.165) is 33.3 Å². The van der Waals surface area contributed by atoms with Crippen LogP contribution in [-0.4, -0.2) is 20.9 Å². The van der Waals surface area contributed by atoms with Crippen molar-refractivity contribution in [2.75, 3.05) is 5.32 Å². The van der Waals surface area contributed by atoms with E-state index in [1.165, 1.54) is 12.1 Å². The Balaban J connectivity index is 1.48. The highest BCUT2D eigenvalue weighted by atomic mass is 19.1. The zero-order valence-corrected chi connectivity index (χ0v) is 18.6. The van der Waals surface area contributed by atoms with Crippen molar-refractivity contribution in [2.24, 2.45) is 5.92 Å². The minimum Gasteiger partial charge on any atom is -0.339 e. The van der Waals surface area contributed by atoms with Crippen LogP contribution in [0.25, 0.3) is 33.4 Å². The number of fused-ring (bicyclic) bond motifs is 1. The van der Waals surface area contributed by atoms with Crippen molar-refractivity contribution in [2.45, 2.75) is 13.3 Å². The Bertz CT molecular complexity index is 1430. The minimum atomic E-state index is -0.293. The first kappa shape index (κ1) is 21.5. The largest absolute Gasteiger partial charge is 0.339 e. The summed E-state index contributed by atoms with van der Waals surface area (Å²) in [5.74, 6) is -0.107. The summed E-state index contributed by atoms with van der Waals surface area (Å²) in [5.41, 5.74) is 5.34. The van der Waals surface area contributed by atoms with Crippen LogP contribution in [0.5, 0.6) is 0 Å². The van der Waals surface area contributed by atoms with Gasteiger partial charge in [0.05, 0.1) is 5.69 Å². The van der Waals surface area contributed by atoms with Crippen LogP contribution in [0.1, 0.15) is 12.5 Å². The number of nitrogens with one attached hydrogen (secondary N) is 2. The van der Waals surface area contributed by atoms with Crippen molar-refractivity contribution >= 4 is 22.8 Å². The van der Waals surface area contributed by atoms with Gasteiger partial charge in [-0.15, -0.1) is 0 Å². The Hall–Kier alpha value is -4.32. The smallest absolute Gasteiger partial charge is 0.228 e. The number of aromatic amines is 1. The van der Waals surface area contributed by atoms with Gasteiger partial charge in [-0.2, -0.15) is 0 Å². The third-order valence-electron chi connectivity index (χ3n) is 5.84.